The lowest BCUT2D eigenvalue weighted by Crippen LogP contribution is -2.60. The number of piperazine rings is 1. The highest BCUT2D eigenvalue weighted by Crippen LogP contribution is 2.34. The van der Waals surface area contributed by atoms with Crippen molar-refractivity contribution >= 4 is 44.0 Å². The van der Waals surface area contributed by atoms with Gasteiger partial charge in [-0.1, -0.05) is 18.2 Å². The van der Waals surface area contributed by atoms with Crippen molar-refractivity contribution in [2.75, 3.05) is 50.7 Å². The minimum atomic E-state index is -3.82. The minimum absolute atomic E-state index is 0.0745. The molecule has 1 aliphatic rings. The lowest BCUT2D eigenvalue weighted by atomic mass is 10.1. The highest BCUT2D eigenvalue weighted by molar-refractivity contribution is 7.90. The molecule has 0 saturated carbocycles. The number of likely N-dealkylation sites (N-methyl/N-ethyl adjacent to an activating group) is 1. The lowest BCUT2D eigenvalue weighted by molar-refractivity contribution is -0.125. The molecular formula is C30H35F2N7O4S. The molecule has 0 spiro atoms. The van der Waals surface area contributed by atoms with Crippen molar-refractivity contribution in [2.24, 2.45) is 0 Å². The fraction of sp³-hybridized carbons (Fsp3) is 0.367. The van der Waals surface area contributed by atoms with Gasteiger partial charge in [0.2, 0.25) is 11.9 Å². The molecule has 14 heteroatoms. The number of nitrogens with one attached hydrogen (secondary N) is 3. The van der Waals surface area contributed by atoms with E-state index in [4.69, 9.17) is 4.74 Å². The summed E-state index contributed by atoms with van der Waals surface area (Å²) in [5.74, 6) is -2.08. The van der Waals surface area contributed by atoms with Crippen LogP contribution in [0.1, 0.15) is 13.8 Å². The second kappa shape index (κ2) is 12.6. The third-order valence-electron chi connectivity index (χ3n) is 8.04. The standard InChI is InChI=1S/C30H35F2N7O4S/c1-17-14-39(15-18(2)38(17)3)24(16-43-4)29(40)35-23-10-6-8-19-20(12-33-28(19)23)27-21(31)13-34-30(37-27)36-22-9-7-11-25(26(22)32)44(5,41)42/h6-13,17-18,24,33H,14-16H2,1-5H3,(H,35,40)(H,34,36,37)/t17-,18-,24+/m0/s1. The van der Waals surface area contributed by atoms with Gasteiger partial charge in [-0.2, -0.15) is 0 Å². The molecular weight excluding hydrogens is 592 g/mol. The first-order valence-corrected chi connectivity index (χ1v) is 15.9. The first-order chi connectivity index (χ1) is 20.9. The summed E-state index contributed by atoms with van der Waals surface area (Å²) < 4.78 is 59.3. The Labute approximate surface area is 254 Å². The van der Waals surface area contributed by atoms with Gasteiger partial charge in [-0.3, -0.25) is 14.6 Å². The third-order valence-corrected chi connectivity index (χ3v) is 9.15. The monoisotopic (exact) mass is 627 g/mol. The van der Waals surface area contributed by atoms with Gasteiger partial charge in [-0.05, 0) is 39.1 Å². The van der Waals surface area contributed by atoms with Crippen molar-refractivity contribution in [1.29, 1.82) is 0 Å². The van der Waals surface area contributed by atoms with Gasteiger partial charge in [0.15, 0.2) is 21.5 Å². The zero-order valence-corrected chi connectivity index (χ0v) is 25.9. The number of H-pyrrole nitrogens is 1. The van der Waals surface area contributed by atoms with Crippen LogP contribution in [-0.2, 0) is 19.4 Å². The van der Waals surface area contributed by atoms with Crippen LogP contribution < -0.4 is 10.6 Å². The van der Waals surface area contributed by atoms with Gasteiger partial charge in [0.1, 0.15) is 16.6 Å². The number of carbonyl (C=O) groups is 1. The molecule has 0 unspecified atom stereocenters. The van der Waals surface area contributed by atoms with E-state index in [1.165, 1.54) is 12.1 Å². The fourth-order valence-electron chi connectivity index (χ4n) is 5.51. The number of rotatable bonds is 9. The number of halogens is 2. The maximum Gasteiger partial charge on any atom is 0.244 e. The number of methoxy groups -OCH3 is 1. The molecule has 3 atom stereocenters. The first kappa shape index (κ1) is 31.4. The molecule has 234 valence electrons. The van der Waals surface area contributed by atoms with E-state index in [0.717, 1.165) is 18.5 Å². The molecule has 11 nitrogen and oxygen atoms in total. The van der Waals surface area contributed by atoms with Gasteiger partial charge in [0.25, 0.3) is 0 Å². The molecule has 1 amide bonds. The summed E-state index contributed by atoms with van der Waals surface area (Å²) in [5, 5.41) is 6.25. The number of aromatic amines is 1. The van der Waals surface area contributed by atoms with E-state index in [1.54, 1.807) is 31.5 Å². The van der Waals surface area contributed by atoms with Crippen molar-refractivity contribution in [3.05, 3.63) is 60.4 Å². The molecule has 3 N–H and O–H groups in total. The van der Waals surface area contributed by atoms with Gasteiger partial charge in [-0.25, -0.2) is 27.2 Å². The minimum Gasteiger partial charge on any atom is -0.383 e. The molecule has 0 aliphatic carbocycles. The summed E-state index contributed by atoms with van der Waals surface area (Å²) in [6.45, 7) is 5.90. The van der Waals surface area contributed by atoms with E-state index in [1.807, 2.05) is 0 Å². The van der Waals surface area contributed by atoms with Crippen molar-refractivity contribution < 1.29 is 26.7 Å². The molecule has 2 aromatic heterocycles. The molecule has 4 aromatic rings. The molecule has 1 aliphatic heterocycles. The van der Waals surface area contributed by atoms with Gasteiger partial charge < -0.3 is 20.4 Å². The number of aromatic nitrogens is 3. The Morgan fingerprint density at radius 1 is 1.14 bits per heavy atom. The topological polar surface area (TPSA) is 133 Å². The van der Waals surface area contributed by atoms with Crippen LogP contribution in [0.2, 0.25) is 0 Å². The number of fused-ring (bicyclic) bond motifs is 1. The van der Waals surface area contributed by atoms with E-state index in [0.29, 0.717) is 35.2 Å². The van der Waals surface area contributed by atoms with Crippen LogP contribution in [0.15, 0.2) is 53.7 Å². The Bertz CT molecular complexity index is 1790. The average Bonchev–Trinajstić information content (AvgIpc) is 3.40. The summed E-state index contributed by atoms with van der Waals surface area (Å²) >= 11 is 0. The van der Waals surface area contributed by atoms with Crippen LogP contribution in [0, 0.1) is 11.6 Å². The summed E-state index contributed by atoms with van der Waals surface area (Å²) in [6.07, 6.45) is 3.41. The molecule has 1 saturated heterocycles. The van der Waals surface area contributed by atoms with Gasteiger partial charge in [0.05, 0.1) is 29.7 Å². The molecule has 5 rings (SSSR count). The number of hydrogen-bond donors (Lipinski definition) is 3. The number of para-hydroxylation sites is 1. The second-order valence-electron chi connectivity index (χ2n) is 11.1. The van der Waals surface area contributed by atoms with Gasteiger partial charge in [-0.15, -0.1) is 0 Å². The number of nitrogens with zero attached hydrogens (tertiary/aromatic N) is 4. The summed E-state index contributed by atoms with van der Waals surface area (Å²) in [5.41, 5.74) is 1.20. The quantitative estimate of drug-likeness (QED) is 0.252. The predicted octanol–water partition coefficient (Wildman–Crippen LogP) is 4.03. The summed E-state index contributed by atoms with van der Waals surface area (Å²) in [4.78, 5) is 28.8. The van der Waals surface area contributed by atoms with Crippen molar-refractivity contribution in [3.8, 4) is 11.3 Å². The normalized spacial score (nSPS) is 18.8. The second-order valence-corrected chi connectivity index (χ2v) is 13.1. The highest BCUT2D eigenvalue weighted by Gasteiger charge is 2.34. The number of anilines is 3. The third kappa shape index (κ3) is 6.29. The summed E-state index contributed by atoms with van der Waals surface area (Å²) in [7, 11) is -0.174. The van der Waals surface area contributed by atoms with Gasteiger partial charge in [0, 0.05) is 55.7 Å². The van der Waals surface area contributed by atoms with Crippen LogP contribution in [0.3, 0.4) is 0 Å². The van der Waals surface area contributed by atoms with Crippen LogP contribution in [-0.4, -0.2) is 97.3 Å². The molecule has 44 heavy (non-hydrogen) atoms. The number of hydrogen-bond acceptors (Lipinski definition) is 9. The SMILES string of the molecule is COC[C@H](C(=O)Nc1cccc2c(-c3nc(Nc4cccc(S(C)(=O)=O)c4F)ncc3F)c[nH]c12)N1C[C@H](C)N(C)[C@@H](C)C1. The summed E-state index contributed by atoms with van der Waals surface area (Å²) in [6, 6.07) is 9.13. The molecule has 0 bridgehead atoms. The first-order valence-electron chi connectivity index (χ1n) is 14.0. The Hall–Kier alpha value is -3.98. The van der Waals surface area contributed by atoms with E-state index < -0.39 is 32.4 Å². The average molecular weight is 628 g/mol. The molecule has 2 aromatic carbocycles. The lowest BCUT2D eigenvalue weighted by Gasteiger charge is -2.44. The number of ether oxygens (including phenoxy) is 1. The van der Waals surface area contributed by atoms with E-state index in [-0.39, 0.29) is 41.9 Å². The van der Waals surface area contributed by atoms with Crippen LogP contribution in [0.25, 0.3) is 22.2 Å². The Kier molecular flexibility index (Phi) is 8.97. The van der Waals surface area contributed by atoms with Crippen molar-refractivity contribution in [1.82, 2.24) is 24.8 Å². The molecule has 3 heterocycles. The number of sulfone groups is 1. The predicted molar refractivity (Wildman–Crippen MR) is 165 cm³/mol. The zero-order valence-electron chi connectivity index (χ0n) is 25.1. The van der Waals surface area contributed by atoms with E-state index in [2.05, 4.69) is 56.3 Å². The van der Waals surface area contributed by atoms with Crippen molar-refractivity contribution in [3.63, 3.8) is 0 Å². The van der Waals surface area contributed by atoms with Crippen molar-refractivity contribution in [2.45, 2.75) is 36.9 Å². The van der Waals surface area contributed by atoms with E-state index in [9.17, 15) is 17.6 Å². The number of carbonyl (C=O) groups excluding carboxylic acids is 1. The van der Waals surface area contributed by atoms with Gasteiger partial charge >= 0.3 is 0 Å². The smallest absolute Gasteiger partial charge is 0.244 e. The number of benzene rings is 2. The number of amides is 1. The zero-order chi connectivity index (χ0) is 31.8. The van der Waals surface area contributed by atoms with Crippen LogP contribution >= 0.6 is 0 Å². The molecule has 0 radical (unpaired) electrons. The van der Waals surface area contributed by atoms with Crippen LogP contribution in [0.4, 0.5) is 26.1 Å². The highest BCUT2D eigenvalue weighted by atomic mass is 32.2. The Morgan fingerprint density at radius 2 is 1.82 bits per heavy atom. The molecule has 1 fully saturated rings. The largest absolute Gasteiger partial charge is 0.383 e. The Balaban J connectivity index is 1.43. The van der Waals surface area contributed by atoms with E-state index >= 15 is 4.39 Å². The Morgan fingerprint density at radius 3 is 2.50 bits per heavy atom. The maximum atomic E-state index is 15.1. The fourth-order valence-corrected chi connectivity index (χ4v) is 6.27. The van der Waals surface area contributed by atoms with Crippen LogP contribution in [0.5, 0.6) is 0 Å². The maximum absolute atomic E-state index is 15.1.